The topological polar surface area (TPSA) is 85.1 Å². The van der Waals surface area contributed by atoms with Crippen molar-refractivity contribution in [2.24, 2.45) is 5.92 Å². The van der Waals surface area contributed by atoms with Gasteiger partial charge < -0.3 is 9.84 Å². The van der Waals surface area contributed by atoms with E-state index in [0.717, 1.165) is 6.54 Å². The predicted molar refractivity (Wildman–Crippen MR) is 63.6 cm³/mol. The Labute approximate surface area is 101 Å². The Kier molecular flexibility index (Phi) is 3.37. The average molecular weight is 259 g/mol. The SMILES string of the molecule is CC(C)CNc1nc(C2CCS(=O)(=O)C2)no1. The molecule has 7 heteroatoms. The quantitative estimate of drug-likeness (QED) is 0.869. The van der Waals surface area contributed by atoms with Gasteiger partial charge in [-0.3, -0.25) is 0 Å². The number of sulfone groups is 1. The van der Waals surface area contributed by atoms with Gasteiger partial charge in [0.25, 0.3) is 0 Å². The van der Waals surface area contributed by atoms with Crippen molar-refractivity contribution in [3.05, 3.63) is 5.82 Å². The maximum Gasteiger partial charge on any atom is 0.321 e. The first-order valence-corrected chi connectivity index (χ1v) is 7.56. The van der Waals surface area contributed by atoms with Crippen LogP contribution in [0.1, 0.15) is 32.0 Å². The van der Waals surface area contributed by atoms with Crippen molar-refractivity contribution in [3.63, 3.8) is 0 Å². The molecule has 2 rings (SSSR count). The zero-order valence-electron chi connectivity index (χ0n) is 10.0. The molecule has 96 valence electrons. The zero-order valence-corrected chi connectivity index (χ0v) is 10.8. The molecule has 0 bridgehead atoms. The van der Waals surface area contributed by atoms with Crippen molar-refractivity contribution >= 4 is 15.9 Å². The molecule has 1 aromatic heterocycles. The average Bonchev–Trinajstić information content (AvgIpc) is 2.81. The van der Waals surface area contributed by atoms with Crippen LogP contribution in [0.15, 0.2) is 4.52 Å². The van der Waals surface area contributed by atoms with Gasteiger partial charge in [0.2, 0.25) is 0 Å². The molecule has 0 saturated carbocycles. The number of anilines is 1. The van der Waals surface area contributed by atoms with E-state index in [2.05, 4.69) is 29.3 Å². The molecule has 0 amide bonds. The monoisotopic (exact) mass is 259 g/mol. The molecular formula is C10H17N3O3S. The summed E-state index contributed by atoms with van der Waals surface area (Å²) < 4.78 is 27.7. The Bertz CT molecular complexity index is 481. The van der Waals surface area contributed by atoms with Crippen LogP contribution in [0.5, 0.6) is 0 Å². The van der Waals surface area contributed by atoms with Gasteiger partial charge >= 0.3 is 6.01 Å². The third-order valence-electron chi connectivity index (χ3n) is 2.70. The Morgan fingerprint density at radius 3 is 2.88 bits per heavy atom. The Morgan fingerprint density at radius 1 is 1.53 bits per heavy atom. The minimum atomic E-state index is -2.90. The third-order valence-corrected chi connectivity index (χ3v) is 4.47. The van der Waals surface area contributed by atoms with E-state index >= 15 is 0 Å². The molecule has 0 spiro atoms. The largest absolute Gasteiger partial charge is 0.338 e. The van der Waals surface area contributed by atoms with Crippen molar-refractivity contribution in [2.75, 3.05) is 23.4 Å². The maximum absolute atomic E-state index is 11.3. The van der Waals surface area contributed by atoms with Gasteiger partial charge in [-0.2, -0.15) is 4.98 Å². The van der Waals surface area contributed by atoms with Crippen LogP contribution in [0.2, 0.25) is 0 Å². The molecule has 1 aromatic rings. The fourth-order valence-corrected chi connectivity index (χ4v) is 3.50. The van der Waals surface area contributed by atoms with Crippen molar-refractivity contribution < 1.29 is 12.9 Å². The van der Waals surface area contributed by atoms with E-state index in [1.165, 1.54) is 0 Å². The van der Waals surface area contributed by atoms with E-state index in [-0.39, 0.29) is 17.4 Å². The summed E-state index contributed by atoms with van der Waals surface area (Å²) in [6.45, 7) is 4.91. The summed E-state index contributed by atoms with van der Waals surface area (Å²) in [5.41, 5.74) is 0. The van der Waals surface area contributed by atoms with E-state index in [9.17, 15) is 8.42 Å². The Morgan fingerprint density at radius 2 is 2.29 bits per heavy atom. The Balaban J connectivity index is 1.99. The lowest BCUT2D eigenvalue weighted by molar-refractivity contribution is 0.416. The normalized spacial score (nSPS) is 23.1. The summed E-state index contributed by atoms with van der Waals surface area (Å²) >= 11 is 0. The molecule has 1 atom stereocenters. The van der Waals surface area contributed by atoms with Gasteiger partial charge in [-0.1, -0.05) is 19.0 Å². The second-order valence-electron chi connectivity index (χ2n) is 4.83. The van der Waals surface area contributed by atoms with Gasteiger partial charge in [-0.15, -0.1) is 0 Å². The molecule has 0 radical (unpaired) electrons. The van der Waals surface area contributed by atoms with Gasteiger partial charge in [0.1, 0.15) is 0 Å². The number of hydrogen-bond acceptors (Lipinski definition) is 6. The second kappa shape index (κ2) is 4.64. The van der Waals surface area contributed by atoms with Crippen molar-refractivity contribution in [2.45, 2.75) is 26.2 Å². The lowest BCUT2D eigenvalue weighted by Crippen LogP contribution is -2.08. The number of nitrogens with one attached hydrogen (secondary N) is 1. The first-order valence-electron chi connectivity index (χ1n) is 5.74. The molecule has 1 fully saturated rings. The highest BCUT2D eigenvalue weighted by atomic mass is 32.2. The van der Waals surface area contributed by atoms with Crippen molar-refractivity contribution in [1.82, 2.24) is 10.1 Å². The van der Waals surface area contributed by atoms with Gasteiger partial charge in [-0.25, -0.2) is 8.42 Å². The third kappa shape index (κ3) is 3.18. The van der Waals surface area contributed by atoms with Crippen LogP contribution in [0, 0.1) is 5.92 Å². The van der Waals surface area contributed by atoms with Crippen LogP contribution in [0.3, 0.4) is 0 Å². The first-order chi connectivity index (χ1) is 7.96. The van der Waals surface area contributed by atoms with E-state index in [4.69, 9.17) is 4.52 Å². The molecule has 1 aliphatic rings. The number of aromatic nitrogens is 2. The van der Waals surface area contributed by atoms with Crippen LogP contribution in [0.4, 0.5) is 6.01 Å². The van der Waals surface area contributed by atoms with E-state index < -0.39 is 9.84 Å². The lowest BCUT2D eigenvalue weighted by Gasteiger charge is -2.02. The predicted octanol–water partition coefficient (Wildman–Crippen LogP) is 1.04. The molecule has 6 nitrogen and oxygen atoms in total. The molecule has 0 aliphatic carbocycles. The van der Waals surface area contributed by atoms with Crippen LogP contribution in [-0.2, 0) is 9.84 Å². The van der Waals surface area contributed by atoms with Gasteiger partial charge in [0, 0.05) is 12.5 Å². The highest BCUT2D eigenvalue weighted by molar-refractivity contribution is 7.91. The number of nitrogens with zero attached hydrogens (tertiary/aromatic N) is 2. The maximum atomic E-state index is 11.3. The lowest BCUT2D eigenvalue weighted by atomic mass is 10.1. The smallest absolute Gasteiger partial charge is 0.321 e. The summed E-state index contributed by atoms with van der Waals surface area (Å²) in [5, 5.41) is 6.85. The summed E-state index contributed by atoms with van der Waals surface area (Å²) in [6.07, 6.45) is 0.589. The van der Waals surface area contributed by atoms with Crippen molar-refractivity contribution in [3.8, 4) is 0 Å². The van der Waals surface area contributed by atoms with Crippen LogP contribution >= 0.6 is 0 Å². The first kappa shape index (κ1) is 12.3. The second-order valence-corrected chi connectivity index (χ2v) is 7.06. The number of hydrogen-bond donors (Lipinski definition) is 1. The van der Waals surface area contributed by atoms with Crippen LogP contribution in [-0.4, -0.2) is 36.6 Å². The van der Waals surface area contributed by atoms with Crippen LogP contribution in [0.25, 0.3) is 0 Å². The van der Waals surface area contributed by atoms with E-state index in [0.29, 0.717) is 24.2 Å². The highest BCUT2D eigenvalue weighted by Gasteiger charge is 2.32. The van der Waals surface area contributed by atoms with Gasteiger partial charge in [0.15, 0.2) is 15.7 Å². The fourth-order valence-electron chi connectivity index (χ4n) is 1.76. The summed E-state index contributed by atoms with van der Waals surface area (Å²) in [7, 11) is -2.90. The molecule has 0 aromatic carbocycles. The summed E-state index contributed by atoms with van der Waals surface area (Å²) in [6, 6.07) is 0.373. The molecular weight excluding hydrogens is 242 g/mol. The molecule has 17 heavy (non-hydrogen) atoms. The number of rotatable bonds is 4. The Hall–Kier alpha value is -1.11. The minimum absolute atomic E-state index is 0.113. The molecule has 1 unspecified atom stereocenters. The minimum Gasteiger partial charge on any atom is -0.338 e. The molecule has 1 saturated heterocycles. The summed E-state index contributed by atoms with van der Waals surface area (Å²) in [5.74, 6) is 1.23. The fraction of sp³-hybridized carbons (Fsp3) is 0.800. The van der Waals surface area contributed by atoms with Gasteiger partial charge in [-0.05, 0) is 12.3 Å². The molecule has 1 N–H and O–H groups in total. The molecule has 2 heterocycles. The van der Waals surface area contributed by atoms with Crippen molar-refractivity contribution in [1.29, 1.82) is 0 Å². The van der Waals surface area contributed by atoms with Crippen LogP contribution < -0.4 is 5.32 Å². The summed E-state index contributed by atoms with van der Waals surface area (Å²) in [4.78, 5) is 4.18. The standard InChI is InChI=1S/C10H17N3O3S/c1-7(2)5-11-10-12-9(13-16-10)8-3-4-17(14,15)6-8/h7-8H,3-6H2,1-2H3,(H,11,12,13). The highest BCUT2D eigenvalue weighted by Crippen LogP contribution is 2.27. The zero-order chi connectivity index (χ0) is 12.5. The van der Waals surface area contributed by atoms with E-state index in [1.54, 1.807) is 0 Å². The van der Waals surface area contributed by atoms with Gasteiger partial charge in [0.05, 0.1) is 11.5 Å². The van der Waals surface area contributed by atoms with E-state index in [1.807, 2.05) is 0 Å². The molecule has 1 aliphatic heterocycles.